The lowest BCUT2D eigenvalue weighted by Crippen LogP contribution is -2.38. The summed E-state index contributed by atoms with van der Waals surface area (Å²) in [5.74, 6) is -2.44. The zero-order valence-corrected chi connectivity index (χ0v) is 12.2. The van der Waals surface area contributed by atoms with Gasteiger partial charge in [-0.2, -0.15) is 0 Å². The number of sulfone groups is 1. The van der Waals surface area contributed by atoms with Crippen LogP contribution >= 0.6 is 0 Å². The average Bonchev–Trinajstić information content (AvgIpc) is 2.82. The molecule has 0 bridgehead atoms. The molecule has 2 aliphatic heterocycles. The number of carbonyl (C=O) groups is 1. The van der Waals surface area contributed by atoms with Gasteiger partial charge in [0.05, 0.1) is 22.7 Å². The molecule has 1 N–H and O–H groups in total. The van der Waals surface area contributed by atoms with Gasteiger partial charge in [0.1, 0.15) is 0 Å². The highest BCUT2D eigenvalue weighted by Crippen LogP contribution is 2.30. The smallest absolute Gasteiger partial charge is 0.308 e. The van der Waals surface area contributed by atoms with Crippen molar-refractivity contribution in [3.05, 3.63) is 0 Å². The van der Waals surface area contributed by atoms with Crippen LogP contribution in [0.1, 0.15) is 13.3 Å². The predicted octanol–water partition coefficient (Wildman–Crippen LogP) is -0.844. The Morgan fingerprint density at radius 2 is 1.95 bits per heavy atom. The van der Waals surface area contributed by atoms with Crippen molar-refractivity contribution in [3.63, 3.8) is 0 Å². The van der Waals surface area contributed by atoms with Crippen LogP contribution in [0.3, 0.4) is 0 Å². The maximum absolute atomic E-state index is 12.3. The van der Waals surface area contributed by atoms with Gasteiger partial charge < -0.3 is 5.11 Å². The second-order valence-electron chi connectivity index (χ2n) is 5.31. The number of carboxylic acid groups (broad SMARTS) is 1. The van der Waals surface area contributed by atoms with Crippen LogP contribution in [0.25, 0.3) is 0 Å². The van der Waals surface area contributed by atoms with Crippen molar-refractivity contribution in [1.29, 1.82) is 0 Å². The molecule has 0 aromatic rings. The summed E-state index contributed by atoms with van der Waals surface area (Å²) >= 11 is 0. The van der Waals surface area contributed by atoms with Crippen LogP contribution in [0.4, 0.5) is 0 Å². The molecule has 0 aromatic carbocycles. The molecule has 0 radical (unpaired) electrons. The topological polar surface area (TPSA) is 109 Å². The molecule has 0 aliphatic carbocycles. The molecule has 2 rings (SSSR count). The van der Waals surface area contributed by atoms with E-state index in [4.69, 9.17) is 5.11 Å². The highest BCUT2D eigenvalue weighted by atomic mass is 32.2. The Morgan fingerprint density at radius 1 is 1.32 bits per heavy atom. The molecule has 9 heteroatoms. The van der Waals surface area contributed by atoms with Gasteiger partial charge in [-0.05, 0) is 12.3 Å². The van der Waals surface area contributed by atoms with Gasteiger partial charge in [0.2, 0.25) is 10.0 Å². The summed E-state index contributed by atoms with van der Waals surface area (Å²) in [4.78, 5) is 11.0. The molecule has 2 heterocycles. The Kier molecular flexibility index (Phi) is 3.65. The number of hydrogen-bond donors (Lipinski definition) is 1. The summed E-state index contributed by atoms with van der Waals surface area (Å²) in [6.07, 6.45) is 0.104. The molecule has 0 spiro atoms. The highest BCUT2D eigenvalue weighted by molar-refractivity contribution is 7.95. The zero-order chi connectivity index (χ0) is 14.4. The molecule has 3 unspecified atom stereocenters. The molecule has 2 saturated heterocycles. The molecular weight excluding hydrogens is 294 g/mol. The van der Waals surface area contributed by atoms with Crippen LogP contribution in [0, 0.1) is 11.8 Å². The first kappa shape index (κ1) is 14.7. The van der Waals surface area contributed by atoms with Gasteiger partial charge in [0.25, 0.3) is 0 Å². The van der Waals surface area contributed by atoms with Crippen LogP contribution in [0.15, 0.2) is 0 Å². The van der Waals surface area contributed by atoms with E-state index >= 15 is 0 Å². The molecular formula is C10H17NO6S2. The average molecular weight is 311 g/mol. The first-order valence-electron chi connectivity index (χ1n) is 6.05. The SMILES string of the molecule is CC1CN(S(=O)(=O)C2CCS(=O)(=O)C2)CC1C(=O)O. The molecule has 3 atom stereocenters. The number of hydrogen-bond acceptors (Lipinski definition) is 5. The van der Waals surface area contributed by atoms with E-state index in [2.05, 4.69) is 0 Å². The first-order valence-corrected chi connectivity index (χ1v) is 9.38. The Bertz CT molecular complexity index is 581. The summed E-state index contributed by atoms with van der Waals surface area (Å²) in [5.41, 5.74) is 0. The van der Waals surface area contributed by atoms with E-state index in [1.165, 1.54) is 0 Å². The number of nitrogens with zero attached hydrogens (tertiary/aromatic N) is 1. The van der Waals surface area contributed by atoms with E-state index < -0.39 is 37.0 Å². The summed E-state index contributed by atoms with van der Waals surface area (Å²) in [6.45, 7) is 1.78. The van der Waals surface area contributed by atoms with Gasteiger partial charge in [0, 0.05) is 13.1 Å². The van der Waals surface area contributed by atoms with E-state index in [9.17, 15) is 21.6 Å². The van der Waals surface area contributed by atoms with E-state index in [0.29, 0.717) is 0 Å². The second-order valence-corrected chi connectivity index (χ2v) is 9.75. The van der Waals surface area contributed by atoms with Gasteiger partial charge >= 0.3 is 5.97 Å². The quantitative estimate of drug-likeness (QED) is 0.727. The van der Waals surface area contributed by atoms with Crippen LogP contribution in [0.5, 0.6) is 0 Å². The number of carboxylic acids is 1. The lowest BCUT2D eigenvalue weighted by atomic mass is 9.99. The van der Waals surface area contributed by atoms with E-state index in [-0.39, 0.29) is 36.9 Å². The van der Waals surface area contributed by atoms with Crippen molar-refractivity contribution in [2.24, 2.45) is 11.8 Å². The number of rotatable bonds is 3. The lowest BCUT2D eigenvalue weighted by Gasteiger charge is -2.20. The maximum Gasteiger partial charge on any atom is 0.308 e. The standard InChI is InChI=1S/C10H17NO6S2/c1-7-4-11(5-9(7)10(12)13)19(16,17)8-2-3-18(14,15)6-8/h7-9H,2-6H2,1H3,(H,12,13). The molecule has 0 saturated carbocycles. The zero-order valence-electron chi connectivity index (χ0n) is 10.5. The fourth-order valence-electron chi connectivity index (χ4n) is 2.66. The summed E-state index contributed by atoms with van der Waals surface area (Å²) < 4.78 is 48.5. The third-order valence-electron chi connectivity index (χ3n) is 3.87. The van der Waals surface area contributed by atoms with Crippen LogP contribution < -0.4 is 0 Å². The molecule has 2 fully saturated rings. The summed E-state index contributed by atoms with van der Waals surface area (Å²) in [6, 6.07) is 0. The van der Waals surface area contributed by atoms with E-state index in [0.717, 1.165) is 4.31 Å². The van der Waals surface area contributed by atoms with Crippen molar-refractivity contribution in [2.45, 2.75) is 18.6 Å². The minimum absolute atomic E-state index is 0.0601. The van der Waals surface area contributed by atoms with Gasteiger partial charge in [-0.25, -0.2) is 21.1 Å². The van der Waals surface area contributed by atoms with Crippen molar-refractivity contribution >= 4 is 25.8 Å². The molecule has 110 valence electrons. The van der Waals surface area contributed by atoms with Crippen molar-refractivity contribution in [2.75, 3.05) is 24.6 Å². The third kappa shape index (κ3) is 2.77. The second kappa shape index (κ2) is 4.71. The third-order valence-corrected chi connectivity index (χ3v) is 8.11. The van der Waals surface area contributed by atoms with Gasteiger partial charge in [0.15, 0.2) is 9.84 Å². The molecule has 7 nitrogen and oxygen atoms in total. The van der Waals surface area contributed by atoms with Crippen molar-refractivity contribution in [3.8, 4) is 0 Å². The number of aliphatic carboxylic acids is 1. The summed E-state index contributed by atoms with van der Waals surface area (Å²) in [5, 5.41) is 8.08. The fourth-order valence-corrected chi connectivity index (χ4v) is 7.31. The first-order chi connectivity index (χ1) is 8.63. The molecule has 0 amide bonds. The Hall–Kier alpha value is -0.670. The molecule has 19 heavy (non-hydrogen) atoms. The van der Waals surface area contributed by atoms with Crippen LogP contribution in [-0.2, 0) is 24.7 Å². The normalized spacial score (nSPS) is 35.5. The largest absolute Gasteiger partial charge is 0.481 e. The lowest BCUT2D eigenvalue weighted by molar-refractivity contribution is -0.142. The van der Waals surface area contributed by atoms with E-state index in [1.54, 1.807) is 6.92 Å². The molecule has 2 aliphatic rings. The predicted molar refractivity (Wildman–Crippen MR) is 67.8 cm³/mol. The van der Waals surface area contributed by atoms with Crippen molar-refractivity contribution in [1.82, 2.24) is 4.31 Å². The Balaban J connectivity index is 2.16. The summed E-state index contributed by atoms with van der Waals surface area (Å²) in [7, 11) is -6.99. The Labute approximate surface area is 112 Å². The highest BCUT2D eigenvalue weighted by Gasteiger charge is 2.46. The number of sulfonamides is 1. The van der Waals surface area contributed by atoms with Crippen LogP contribution in [0.2, 0.25) is 0 Å². The van der Waals surface area contributed by atoms with Crippen molar-refractivity contribution < 1.29 is 26.7 Å². The minimum Gasteiger partial charge on any atom is -0.481 e. The van der Waals surface area contributed by atoms with Gasteiger partial charge in [-0.3, -0.25) is 4.79 Å². The fraction of sp³-hybridized carbons (Fsp3) is 0.900. The minimum atomic E-state index is -3.72. The maximum atomic E-state index is 12.3. The van der Waals surface area contributed by atoms with E-state index in [1.807, 2.05) is 0 Å². The van der Waals surface area contributed by atoms with Crippen LogP contribution in [-0.4, -0.2) is 62.1 Å². The Morgan fingerprint density at radius 3 is 2.37 bits per heavy atom. The molecule has 0 aromatic heterocycles. The monoisotopic (exact) mass is 311 g/mol. The van der Waals surface area contributed by atoms with Gasteiger partial charge in [-0.1, -0.05) is 6.92 Å². The van der Waals surface area contributed by atoms with Gasteiger partial charge in [-0.15, -0.1) is 0 Å².